The molecule has 1 aromatic rings. The first-order valence-corrected chi connectivity index (χ1v) is 14.1. The van der Waals surface area contributed by atoms with E-state index < -0.39 is 0 Å². The molecule has 1 saturated carbocycles. The van der Waals surface area contributed by atoms with Crippen molar-refractivity contribution in [3.8, 4) is 0 Å². The number of carbonyl (C=O) groups excluding carboxylic acids is 1. The highest BCUT2D eigenvalue weighted by Crippen LogP contribution is 2.27. The molecule has 1 N–H and O–H groups in total. The molecular formula is C34H61NO2. The lowest BCUT2D eigenvalue weighted by molar-refractivity contribution is -0.0980. The van der Waals surface area contributed by atoms with Gasteiger partial charge in [-0.05, 0) is 61.6 Å². The topological polar surface area (TPSA) is 38.3 Å². The number of rotatable bonds is 3. The van der Waals surface area contributed by atoms with Crippen molar-refractivity contribution in [1.82, 2.24) is 5.32 Å². The van der Waals surface area contributed by atoms with Crippen molar-refractivity contribution in [1.29, 1.82) is 0 Å². The van der Waals surface area contributed by atoms with E-state index in [0.29, 0.717) is 5.92 Å². The third-order valence-electron chi connectivity index (χ3n) is 6.08. The number of methoxy groups -OCH3 is 1. The molecule has 3 nitrogen and oxygen atoms in total. The maximum Gasteiger partial charge on any atom is 0.106 e. The molecule has 0 amide bonds. The smallest absolute Gasteiger partial charge is 0.106 e. The summed E-state index contributed by atoms with van der Waals surface area (Å²) in [6, 6.07) is 8.89. The molecule has 0 radical (unpaired) electrons. The molecule has 1 saturated heterocycles. The van der Waals surface area contributed by atoms with E-state index in [9.17, 15) is 0 Å². The van der Waals surface area contributed by atoms with E-state index in [0.717, 1.165) is 31.3 Å². The van der Waals surface area contributed by atoms with Crippen molar-refractivity contribution in [2.45, 2.75) is 94.4 Å². The molecule has 1 aliphatic carbocycles. The van der Waals surface area contributed by atoms with E-state index in [1.165, 1.54) is 53.5 Å². The van der Waals surface area contributed by atoms with Crippen LogP contribution in [0.15, 0.2) is 54.1 Å². The quantitative estimate of drug-likeness (QED) is 0.407. The molecule has 1 atom stereocenters. The van der Waals surface area contributed by atoms with Crippen molar-refractivity contribution in [3.63, 3.8) is 0 Å². The molecule has 0 aromatic heterocycles. The number of nitrogens with one attached hydrogen (secondary N) is 1. The average Bonchev–Trinajstić information content (AvgIpc) is 3.32. The summed E-state index contributed by atoms with van der Waals surface area (Å²) in [7, 11) is 3.25. The maximum atomic E-state index is 8.00. The molecule has 214 valence electrons. The molecule has 1 unspecified atom stereocenters. The molecule has 1 aromatic carbocycles. The summed E-state index contributed by atoms with van der Waals surface area (Å²) in [5.41, 5.74) is 6.74. The van der Waals surface area contributed by atoms with Gasteiger partial charge in [0.2, 0.25) is 0 Å². The maximum absolute atomic E-state index is 8.00. The summed E-state index contributed by atoms with van der Waals surface area (Å²) in [4.78, 5) is 8.00. The molecule has 1 heterocycles. The van der Waals surface area contributed by atoms with Gasteiger partial charge in [0, 0.05) is 27.3 Å². The van der Waals surface area contributed by atoms with Gasteiger partial charge >= 0.3 is 0 Å². The summed E-state index contributed by atoms with van der Waals surface area (Å²) < 4.78 is 4.25. The predicted molar refractivity (Wildman–Crippen MR) is 168 cm³/mol. The van der Waals surface area contributed by atoms with Crippen LogP contribution < -0.4 is 5.32 Å². The minimum atomic E-state index is 0.677. The van der Waals surface area contributed by atoms with Crippen LogP contribution in [0.5, 0.6) is 0 Å². The van der Waals surface area contributed by atoms with Gasteiger partial charge < -0.3 is 14.8 Å². The molecule has 2 aliphatic rings. The molecule has 1 aliphatic heterocycles. The van der Waals surface area contributed by atoms with Gasteiger partial charge in [-0.3, -0.25) is 0 Å². The summed E-state index contributed by atoms with van der Waals surface area (Å²) in [5.74, 6) is 2.72. The largest absolute Gasteiger partial charge is 0.388 e. The van der Waals surface area contributed by atoms with Crippen molar-refractivity contribution in [2.24, 2.45) is 17.8 Å². The lowest BCUT2D eigenvalue weighted by Crippen LogP contribution is -2.08. The minimum absolute atomic E-state index is 0.677. The summed E-state index contributed by atoms with van der Waals surface area (Å²) in [6.45, 7) is 27.0. The van der Waals surface area contributed by atoms with Crippen LogP contribution in [-0.4, -0.2) is 34.1 Å². The monoisotopic (exact) mass is 515 g/mol. The van der Waals surface area contributed by atoms with Gasteiger partial charge in [-0.25, -0.2) is 0 Å². The highest BCUT2D eigenvalue weighted by atomic mass is 16.4. The van der Waals surface area contributed by atoms with E-state index in [-0.39, 0.29) is 0 Å². The van der Waals surface area contributed by atoms with E-state index in [4.69, 9.17) is 4.79 Å². The Hall–Kier alpha value is -1.97. The number of ether oxygens (including phenoxy) is 1. The van der Waals surface area contributed by atoms with Gasteiger partial charge in [0.25, 0.3) is 0 Å². The highest BCUT2D eigenvalue weighted by molar-refractivity contribution is 5.65. The van der Waals surface area contributed by atoms with Crippen LogP contribution in [-0.2, 0) is 16.0 Å². The third kappa shape index (κ3) is 22.9. The normalized spacial score (nSPS) is 21.1. The Morgan fingerprint density at radius 2 is 1.35 bits per heavy atom. The second-order valence-electron chi connectivity index (χ2n) is 10.2. The Morgan fingerprint density at radius 3 is 1.68 bits per heavy atom. The Labute approximate surface area is 231 Å². The van der Waals surface area contributed by atoms with Crippen molar-refractivity contribution in [2.75, 3.05) is 27.3 Å². The number of allylic oxidation sites excluding steroid dienone is 4. The predicted octanol–water partition coefficient (Wildman–Crippen LogP) is 9.34. The first-order valence-electron chi connectivity index (χ1n) is 14.1. The van der Waals surface area contributed by atoms with Crippen molar-refractivity contribution >= 4 is 12.4 Å². The zero-order valence-electron chi connectivity index (χ0n) is 26.4. The zero-order valence-corrected chi connectivity index (χ0v) is 26.4. The second-order valence-corrected chi connectivity index (χ2v) is 10.2. The van der Waals surface area contributed by atoms with Gasteiger partial charge in [0.1, 0.15) is 6.79 Å². The lowest BCUT2D eigenvalue weighted by atomic mass is 9.84. The number of carbonyl (C=O) groups is 1. The van der Waals surface area contributed by atoms with Crippen LogP contribution in [0.4, 0.5) is 0 Å². The van der Waals surface area contributed by atoms with Crippen LogP contribution in [0, 0.1) is 17.8 Å². The third-order valence-corrected chi connectivity index (χ3v) is 6.08. The van der Waals surface area contributed by atoms with E-state index in [1.54, 1.807) is 14.2 Å². The Balaban J connectivity index is -0.000000504. The average molecular weight is 516 g/mol. The molecule has 3 heteroatoms. The van der Waals surface area contributed by atoms with Crippen LogP contribution in [0.3, 0.4) is 0 Å². The Morgan fingerprint density at radius 1 is 0.946 bits per heavy atom. The minimum Gasteiger partial charge on any atom is -0.388 e. The first kappa shape index (κ1) is 39.5. The van der Waals surface area contributed by atoms with E-state index >= 15 is 0 Å². The first-order chi connectivity index (χ1) is 17.6. The zero-order chi connectivity index (χ0) is 29.2. The van der Waals surface area contributed by atoms with E-state index in [1.807, 2.05) is 34.5 Å². The van der Waals surface area contributed by atoms with E-state index in [2.05, 4.69) is 87.7 Å². The van der Waals surface area contributed by atoms with Gasteiger partial charge in [-0.2, -0.15) is 0 Å². The lowest BCUT2D eigenvalue weighted by Gasteiger charge is -2.22. The van der Waals surface area contributed by atoms with Crippen molar-refractivity contribution in [3.05, 3.63) is 65.3 Å². The second kappa shape index (κ2) is 27.1. The molecule has 0 spiro atoms. The SMILES string of the molecule is C=C(C)C.C=O.CC.CC1CCC(C)CC1.CCc1ccc(/C(C)=C/C=C2/CNCC2C)cc1.COC. The highest BCUT2D eigenvalue weighted by Gasteiger charge is 2.14. The van der Waals surface area contributed by atoms with Gasteiger partial charge in [-0.15, -0.1) is 6.58 Å². The van der Waals surface area contributed by atoms with Gasteiger partial charge in [0.05, 0.1) is 0 Å². The fourth-order valence-electron chi connectivity index (χ4n) is 3.72. The number of aryl methyl sites for hydroxylation is 1. The van der Waals surface area contributed by atoms with Crippen molar-refractivity contribution < 1.29 is 9.53 Å². The number of benzene rings is 1. The fraction of sp³-hybridized carbons (Fsp3) is 0.618. The Bertz CT molecular complexity index is 696. The summed E-state index contributed by atoms with van der Waals surface area (Å²) in [5, 5.41) is 3.40. The van der Waals surface area contributed by atoms with Crippen LogP contribution in [0.1, 0.15) is 99.1 Å². The molecule has 2 fully saturated rings. The Kier molecular flexibility index (Phi) is 28.9. The molecule has 3 rings (SSSR count). The van der Waals surface area contributed by atoms with Gasteiger partial charge in [-0.1, -0.05) is 115 Å². The fourth-order valence-corrected chi connectivity index (χ4v) is 3.72. The standard InChI is InChI=1S/C17H23N.C8H16.C4H8.C2H6O.C2H6.CH2O/c1-4-15-6-9-16(10-7-15)13(2)5-8-17-12-18-11-14(17)3;1-7-3-5-8(2)6-4-7;1-4(2)3;1-3-2;2*1-2/h5-10,14,18H,4,11-12H2,1-3H3;7-8H,3-6H2,1-2H3;1H2,2-3H3;1-2H3;1-2H3;1H2/b13-5+,17-8-;;;;;. The number of hydrogen-bond donors (Lipinski definition) is 1. The molecule has 37 heavy (non-hydrogen) atoms. The van der Waals surface area contributed by atoms with Gasteiger partial charge in [0.15, 0.2) is 0 Å². The summed E-state index contributed by atoms with van der Waals surface area (Å²) >= 11 is 0. The van der Waals surface area contributed by atoms with Crippen LogP contribution in [0.25, 0.3) is 5.57 Å². The molecule has 0 bridgehead atoms. The summed E-state index contributed by atoms with van der Waals surface area (Å²) in [6.07, 6.45) is 11.5. The number of hydrogen-bond acceptors (Lipinski definition) is 3. The molecular weight excluding hydrogens is 454 g/mol. The van der Waals surface area contributed by atoms with Crippen LogP contribution in [0.2, 0.25) is 0 Å². The van der Waals surface area contributed by atoms with Crippen LogP contribution >= 0.6 is 0 Å².